The molecule has 0 amide bonds. The number of hydrogen-bond acceptors (Lipinski definition) is 1. The van der Waals surface area contributed by atoms with Gasteiger partial charge in [0.25, 0.3) is 0 Å². The van der Waals surface area contributed by atoms with Gasteiger partial charge in [0, 0.05) is 5.56 Å². The van der Waals surface area contributed by atoms with Crippen molar-refractivity contribution in [2.24, 2.45) is 0 Å². The molecule has 0 saturated carbocycles. The lowest BCUT2D eigenvalue weighted by molar-refractivity contribution is 0.414. The lowest BCUT2D eigenvalue weighted by atomic mass is 9.97. The maximum atomic E-state index is 5.48. The highest BCUT2D eigenvalue weighted by Crippen LogP contribution is 2.28. The van der Waals surface area contributed by atoms with Crippen LogP contribution in [0.5, 0.6) is 5.75 Å². The topological polar surface area (TPSA) is 9.23 Å². The molecule has 0 radical (unpaired) electrons. The van der Waals surface area contributed by atoms with Crippen molar-refractivity contribution in [1.29, 1.82) is 0 Å². The highest BCUT2D eigenvalue weighted by molar-refractivity contribution is 5.83. The van der Waals surface area contributed by atoms with Crippen LogP contribution in [0.4, 0.5) is 0 Å². The van der Waals surface area contributed by atoms with E-state index in [9.17, 15) is 0 Å². The quantitative estimate of drug-likeness (QED) is 0.415. The van der Waals surface area contributed by atoms with Gasteiger partial charge < -0.3 is 4.74 Å². The third-order valence-corrected chi connectivity index (χ3v) is 3.91. The molecule has 0 atom stereocenters. The van der Waals surface area contributed by atoms with Gasteiger partial charge in [-0.2, -0.15) is 0 Å². The molecular formula is C21H26O. The van der Waals surface area contributed by atoms with E-state index in [1.165, 1.54) is 36.8 Å². The van der Waals surface area contributed by atoms with Crippen LogP contribution in [0.1, 0.15) is 50.2 Å². The maximum absolute atomic E-state index is 5.48. The number of unbranched alkanes of at least 4 members (excludes halogenated alkanes) is 3. The van der Waals surface area contributed by atoms with Crippen LogP contribution >= 0.6 is 0 Å². The van der Waals surface area contributed by atoms with Crippen molar-refractivity contribution >= 4 is 11.6 Å². The van der Waals surface area contributed by atoms with Crippen molar-refractivity contribution < 1.29 is 4.74 Å². The van der Waals surface area contributed by atoms with Crippen LogP contribution in [-0.4, -0.2) is 7.11 Å². The average molecular weight is 294 g/mol. The normalized spacial score (nSPS) is 11.5. The van der Waals surface area contributed by atoms with Gasteiger partial charge in [0.05, 0.1) is 7.11 Å². The standard InChI is InChI=1S/C21H26O/c1-3-4-5-7-14-19(18-12-8-6-9-13-18)17-20-15-10-11-16-21(20)22-2/h6,8-13,15-17H,3-5,7,14H2,1-2H3/b19-17+. The molecule has 0 spiro atoms. The molecule has 2 aromatic carbocycles. The third-order valence-electron chi connectivity index (χ3n) is 3.91. The summed E-state index contributed by atoms with van der Waals surface area (Å²) in [5.74, 6) is 0.935. The Labute approximate surface area is 134 Å². The van der Waals surface area contributed by atoms with Crippen molar-refractivity contribution in [2.45, 2.75) is 39.0 Å². The zero-order valence-corrected chi connectivity index (χ0v) is 13.7. The molecule has 0 aliphatic carbocycles. The van der Waals surface area contributed by atoms with E-state index in [2.05, 4.69) is 55.5 Å². The molecular weight excluding hydrogens is 268 g/mol. The highest BCUT2D eigenvalue weighted by Gasteiger charge is 2.05. The zero-order chi connectivity index (χ0) is 15.6. The predicted octanol–water partition coefficient (Wildman–Crippen LogP) is 6.21. The lowest BCUT2D eigenvalue weighted by Crippen LogP contribution is -1.89. The van der Waals surface area contributed by atoms with Crippen LogP contribution in [0.15, 0.2) is 54.6 Å². The fourth-order valence-corrected chi connectivity index (χ4v) is 2.67. The van der Waals surface area contributed by atoms with Crippen molar-refractivity contribution in [3.63, 3.8) is 0 Å². The van der Waals surface area contributed by atoms with Gasteiger partial charge in [-0.1, -0.05) is 74.7 Å². The first-order chi connectivity index (χ1) is 10.8. The van der Waals surface area contributed by atoms with Gasteiger partial charge in [-0.15, -0.1) is 0 Å². The molecule has 1 heteroatoms. The molecule has 22 heavy (non-hydrogen) atoms. The molecule has 0 heterocycles. The van der Waals surface area contributed by atoms with Crippen molar-refractivity contribution in [3.8, 4) is 5.75 Å². The Kier molecular flexibility index (Phi) is 6.76. The van der Waals surface area contributed by atoms with Gasteiger partial charge in [0.1, 0.15) is 5.75 Å². The predicted molar refractivity (Wildman–Crippen MR) is 96.1 cm³/mol. The minimum atomic E-state index is 0.935. The minimum absolute atomic E-state index is 0.935. The van der Waals surface area contributed by atoms with Gasteiger partial charge in [0.15, 0.2) is 0 Å². The number of benzene rings is 2. The zero-order valence-electron chi connectivity index (χ0n) is 13.7. The summed E-state index contributed by atoms with van der Waals surface area (Å²) in [6.07, 6.45) is 8.52. The van der Waals surface area contributed by atoms with Gasteiger partial charge in [-0.25, -0.2) is 0 Å². The summed E-state index contributed by atoms with van der Waals surface area (Å²) in [5.41, 5.74) is 3.85. The van der Waals surface area contributed by atoms with Crippen LogP contribution < -0.4 is 4.74 Å². The second-order valence-electron chi connectivity index (χ2n) is 5.59. The lowest BCUT2D eigenvalue weighted by Gasteiger charge is -2.10. The SMILES string of the molecule is CCCCCC/C(=C\c1ccccc1OC)c1ccccc1. The van der Waals surface area contributed by atoms with Crippen LogP contribution in [-0.2, 0) is 0 Å². The van der Waals surface area contributed by atoms with E-state index < -0.39 is 0 Å². The van der Waals surface area contributed by atoms with Gasteiger partial charge in [-0.05, 0) is 36.1 Å². The Balaban J connectivity index is 2.25. The summed E-state index contributed by atoms with van der Waals surface area (Å²) in [6.45, 7) is 2.25. The number of hydrogen-bond donors (Lipinski definition) is 0. The van der Waals surface area contributed by atoms with E-state index in [-0.39, 0.29) is 0 Å². The summed E-state index contributed by atoms with van der Waals surface area (Å²) in [4.78, 5) is 0. The molecule has 0 saturated heterocycles. The van der Waals surface area contributed by atoms with Crippen LogP contribution in [0.3, 0.4) is 0 Å². The van der Waals surface area contributed by atoms with Gasteiger partial charge in [-0.3, -0.25) is 0 Å². The summed E-state index contributed by atoms with van der Waals surface area (Å²) in [6, 6.07) is 18.9. The van der Waals surface area contributed by atoms with Crippen LogP contribution in [0.25, 0.3) is 11.6 Å². The molecule has 2 aromatic rings. The molecule has 0 bridgehead atoms. The number of para-hydroxylation sites is 1. The fourth-order valence-electron chi connectivity index (χ4n) is 2.67. The van der Waals surface area contributed by atoms with E-state index in [4.69, 9.17) is 4.74 Å². The molecule has 0 aliphatic heterocycles. The molecule has 0 N–H and O–H groups in total. The molecule has 2 rings (SSSR count). The smallest absolute Gasteiger partial charge is 0.126 e. The maximum Gasteiger partial charge on any atom is 0.126 e. The van der Waals surface area contributed by atoms with Crippen LogP contribution in [0, 0.1) is 0 Å². The van der Waals surface area contributed by atoms with Crippen molar-refractivity contribution in [3.05, 3.63) is 65.7 Å². The Morgan fingerprint density at radius 1 is 0.909 bits per heavy atom. The highest BCUT2D eigenvalue weighted by atomic mass is 16.5. The Morgan fingerprint density at radius 3 is 2.36 bits per heavy atom. The van der Waals surface area contributed by atoms with Crippen molar-refractivity contribution in [2.75, 3.05) is 7.11 Å². The number of methoxy groups -OCH3 is 1. The monoisotopic (exact) mass is 294 g/mol. The first kappa shape index (κ1) is 16.4. The summed E-state index contributed by atoms with van der Waals surface area (Å²) in [7, 11) is 1.73. The van der Waals surface area contributed by atoms with Crippen LogP contribution in [0.2, 0.25) is 0 Å². The molecule has 1 nitrogen and oxygen atoms in total. The number of allylic oxidation sites excluding steroid dienone is 1. The van der Waals surface area contributed by atoms with Crippen molar-refractivity contribution in [1.82, 2.24) is 0 Å². The molecule has 0 unspecified atom stereocenters. The first-order valence-corrected chi connectivity index (χ1v) is 8.24. The fraction of sp³-hybridized carbons (Fsp3) is 0.333. The molecule has 0 aliphatic rings. The van der Waals surface area contributed by atoms with E-state index in [0.29, 0.717) is 0 Å². The minimum Gasteiger partial charge on any atom is -0.496 e. The molecule has 0 aromatic heterocycles. The molecule has 116 valence electrons. The largest absolute Gasteiger partial charge is 0.496 e. The third kappa shape index (κ3) is 4.77. The second kappa shape index (κ2) is 9.09. The average Bonchev–Trinajstić information content (AvgIpc) is 2.59. The van der Waals surface area contributed by atoms with Gasteiger partial charge in [0.2, 0.25) is 0 Å². The summed E-state index contributed by atoms with van der Waals surface area (Å²) in [5, 5.41) is 0. The summed E-state index contributed by atoms with van der Waals surface area (Å²) >= 11 is 0. The Hall–Kier alpha value is -2.02. The second-order valence-corrected chi connectivity index (χ2v) is 5.59. The van der Waals surface area contributed by atoms with E-state index in [0.717, 1.165) is 17.7 Å². The van der Waals surface area contributed by atoms with E-state index in [1.54, 1.807) is 7.11 Å². The summed E-state index contributed by atoms with van der Waals surface area (Å²) < 4.78 is 5.48. The number of ether oxygens (including phenoxy) is 1. The van der Waals surface area contributed by atoms with Gasteiger partial charge >= 0.3 is 0 Å². The molecule has 0 fully saturated rings. The number of rotatable bonds is 8. The Bertz CT molecular complexity index is 584. The Morgan fingerprint density at radius 2 is 1.64 bits per heavy atom. The first-order valence-electron chi connectivity index (χ1n) is 8.24. The van der Waals surface area contributed by atoms with E-state index in [1.807, 2.05) is 12.1 Å². The van der Waals surface area contributed by atoms with E-state index >= 15 is 0 Å².